The van der Waals surface area contributed by atoms with Crippen LogP contribution < -0.4 is 0 Å². The number of fused-ring (bicyclic) bond motifs is 4. The van der Waals surface area contributed by atoms with Crippen LogP contribution in [0.2, 0.25) is 0 Å². The first-order valence-corrected chi connectivity index (χ1v) is 7.64. The first-order chi connectivity index (χ1) is 7.43. The van der Waals surface area contributed by atoms with Crippen LogP contribution in [0.5, 0.6) is 0 Å². The second-order valence-corrected chi connectivity index (χ2v) is 7.23. The Hall–Kier alpha value is -0.430. The van der Waals surface area contributed by atoms with Gasteiger partial charge in [0.05, 0.1) is 0 Å². The molecule has 2 bridgehead atoms. The van der Waals surface area contributed by atoms with Gasteiger partial charge in [0.2, 0.25) is 0 Å². The summed E-state index contributed by atoms with van der Waals surface area (Å²) in [5.41, 5.74) is 0. The lowest BCUT2D eigenvalue weighted by atomic mass is 10.0. The lowest BCUT2D eigenvalue weighted by Gasteiger charge is -2.24. The first-order valence-electron chi connectivity index (χ1n) is 6.18. The van der Waals surface area contributed by atoms with Crippen LogP contribution in [0.25, 0.3) is 0 Å². The lowest BCUT2D eigenvalue weighted by molar-refractivity contribution is 0.502. The van der Waals surface area contributed by atoms with E-state index in [9.17, 15) is 0 Å². The maximum Gasteiger partial charge on any atom is 0.155 e. The lowest BCUT2D eigenvalue weighted by Crippen LogP contribution is -2.31. The van der Waals surface area contributed by atoms with Gasteiger partial charge in [0.1, 0.15) is 11.0 Å². The van der Waals surface area contributed by atoms with Gasteiger partial charge in [-0.1, -0.05) is 18.2 Å². The maximum absolute atomic E-state index is 2.35. The summed E-state index contributed by atoms with van der Waals surface area (Å²) < 4.78 is 0. The van der Waals surface area contributed by atoms with E-state index in [0.29, 0.717) is 10.9 Å². The summed E-state index contributed by atoms with van der Waals surface area (Å²) in [6, 6.07) is 11.3. The zero-order chi connectivity index (χ0) is 10.1. The largest absolute Gasteiger partial charge is 0.155 e. The van der Waals surface area contributed by atoms with Crippen molar-refractivity contribution in [1.82, 2.24) is 0 Å². The van der Waals surface area contributed by atoms with Crippen molar-refractivity contribution in [3.63, 3.8) is 0 Å². The number of rotatable bonds is 1. The van der Waals surface area contributed by atoms with Gasteiger partial charge in [0.15, 0.2) is 4.90 Å². The standard InChI is InChI=1S/C14H19S/c1-2-6-13(7-3-1)15-11-12-5-4-8-14(15)10-9-12/h1-3,6-7,12,14H,4-5,8-11H2/q+1. The average molecular weight is 219 g/mol. The van der Waals surface area contributed by atoms with Gasteiger partial charge in [-0.15, -0.1) is 0 Å². The van der Waals surface area contributed by atoms with Crippen LogP contribution in [0.1, 0.15) is 32.1 Å². The van der Waals surface area contributed by atoms with E-state index in [4.69, 9.17) is 0 Å². The van der Waals surface area contributed by atoms with E-state index in [2.05, 4.69) is 30.3 Å². The molecular formula is C14H19S+. The smallest absolute Gasteiger partial charge is 0.0619 e. The number of hydrogen-bond donors (Lipinski definition) is 0. The molecule has 2 heterocycles. The van der Waals surface area contributed by atoms with Crippen LogP contribution in [0, 0.1) is 5.92 Å². The van der Waals surface area contributed by atoms with Gasteiger partial charge in [-0.3, -0.25) is 0 Å². The van der Waals surface area contributed by atoms with Gasteiger partial charge in [-0.2, -0.15) is 0 Å². The summed E-state index contributed by atoms with van der Waals surface area (Å²) in [5.74, 6) is 2.54. The SMILES string of the molecule is c1ccc([S+]2CC3CCCC2CC3)cc1. The number of benzene rings is 1. The fraction of sp³-hybridized carbons (Fsp3) is 0.571. The van der Waals surface area contributed by atoms with Gasteiger partial charge < -0.3 is 0 Å². The van der Waals surface area contributed by atoms with Gasteiger partial charge >= 0.3 is 0 Å². The molecule has 0 spiro atoms. The molecule has 0 N–H and O–H groups in total. The Bertz CT molecular complexity index is 315. The quantitative estimate of drug-likeness (QED) is 0.633. The molecule has 3 aliphatic rings. The Morgan fingerprint density at radius 1 is 0.933 bits per heavy atom. The van der Waals surface area contributed by atoms with Gasteiger partial charge in [0.25, 0.3) is 0 Å². The van der Waals surface area contributed by atoms with E-state index in [-0.39, 0.29) is 0 Å². The molecule has 0 amide bonds. The molecule has 2 saturated heterocycles. The van der Waals surface area contributed by atoms with Crippen LogP contribution in [-0.2, 0) is 10.9 Å². The Morgan fingerprint density at radius 3 is 2.67 bits per heavy atom. The van der Waals surface area contributed by atoms with Crippen molar-refractivity contribution in [3.05, 3.63) is 30.3 Å². The van der Waals surface area contributed by atoms with E-state index < -0.39 is 0 Å². The molecule has 1 saturated carbocycles. The Balaban J connectivity index is 1.87. The van der Waals surface area contributed by atoms with Crippen LogP contribution in [0.15, 0.2) is 35.2 Å². The van der Waals surface area contributed by atoms with E-state index in [0.717, 1.165) is 11.2 Å². The molecule has 3 unspecified atom stereocenters. The summed E-state index contributed by atoms with van der Waals surface area (Å²) in [6.07, 6.45) is 7.51. The summed E-state index contributed by atoms with van der Waals surface area (Å²) in [7, 11) is 0.587. The highest BCUT2D eigenvalue weighted by molar-refractivity contribution is 7.97. The minimum Gasteiger partial charge on any atom is -0.0619 e. The third-order valence-corrected chi connectivity index (χ3v) is 6.88. The van der Waals surface area contributed by atoms with Crippen molar-refractivity contribution in [2.45, 2.75) is 42.2 Å². The second-order valence-electron chi connectivity index (χ2n) is 4.90. The molecule has 1 aromatic rings. The van der Waals surface area contributed by atoms with Crippen LogP contribution in [0.4, 0.5) is 0 Å². The molecule has 0 aromatic heterocycles. The first kappa shape index (κ1) is 9.77. The van der Waals surface area contributed by atoms with E-state index in [1.807, 2.05) is 0 Å². The molecule has 1 aliphatic carbocycles. The zero-order valence-corrected chi connectivity index (χ0v) is 10.0. The molecule has 1 heteroatoms. The predicted octanol–water partition coefficient (Wildman–Crippen LogP) is 3.63. The molecule has 0 radical (unpaired) electrons. The van der Waals surface area contributed by atoms with E-state index >= 15 is 0 Å². The molecule has 3 atom stereocenters. The molecule has 0 nitrogen and oxygen atoms in total. The maximum atomic E-state index is 2.35. The zero-order valence-electron chi connectivity index (χ0n) is 9.19. The highest BCUT2D eigenvalue weighted by atomic mass is 32.2. The number of hydrogen-bond acceptors (Lipinski definition) is 0. The molecule has 80 valence electrons. The molecular weight excluding hydrogens is 200 g/mol. The van der Waals surface area contributed by atoms with Crippen molar-refractivity contribution in [3.8, 4) is 0 Å². The van der Waals surface area contributed by atoms with E-state index in [1.165, 1.54) is 37.9 Å². The highest BCUT2D eigenvalue weighted by Gasteiger charge is 2.41. The average Bonchev–Trinajstić information content (AvgIpc) is 2.65. The Labute approximate surface area is 95.4 Å². The Morgan fingerprint density at radius 2 is 1.80 bits per heavy atom. The molecule has 15 heavy (non-hydrogen) atoms. The highest BCUT2D eigenvalue weighted by Crippen LogP contribution is 2.39. The fourth-order valence-corrected chi connectivity index (χ4v) is 6.14. The monoisotopic (exact) mass is 219 g/mol. The molecule has 4 rings (SSSR count). The molecule has 2 aliphatic heterocycles. The second kappa shape index (κ2) is 4.21. The summed E-state index contributed by atoms with van der Waals surface area (Å²) in [4.78, 5) is 1.63. The van der Waals surface area contributed by atoms with Crippen molar-refractivity contribution in [1.29, 1.82) is 0 Å². The van der Waals surface area contributed by atoms with Crippen LogP contribution in [-0.4, -0.2) is 11.0 Å². The molecule has 3 fully saturated rings. The summed E-state index contributed by atoms with van der Waals surface area (Å²) in [6.45, 7) is 0. The molecule has 1 aromatic carbocycles. The van der Waals surface area contributed by atoms with Gasteiger partial charge in [-0.25, -0.2) is 0 Å². The van der Waals surface area contributed by atoms with Crippen molar-refractivity contribution in [2.24, 2.45) is 5.92 Å². The summed E-state index contributed by atoms with van der Waals surface area (Å²) in [5, 5.41) is 1.02. The summed E-state index contributed by atoms with van der Waals surface area (Å²) >= 11 is 0. The van der Waals surface area contributed by atoms with Crippen LogP contribution >= 0.6 is 0 Å². The minimum absolute atomic E-state index is 0.587. The topological polar surface area (TPSA) is 0 Å². The van der Waals surface area contributed by atoms with Crippen LogP contribution in [0.3, 0.4) is 0 Å². The van der Waals surface area contributed by atoms with Crippen molar-refractivity contribution >= 4 is 10.9 Å². The van der Waals surface area contributed by atoms with Gasteiger partial charge in [0, 0.05) is 16.8 Å². The fourth-order valence-electron chi connectivity index (χ4n) is 3.07. The normalized spacial score (nSPS) is 35.1. The van der Waals surface area contributed by atoms with Gasteiger partial charge in [-0.05, 0) is 44.2 Å². The Kier molecular flexibility index (Phi) is 2.74. The predicted molar refractivity (Wildman–Crippen MR) is 67.3 cm³/mol. The third kappa shape index (κ3) is 1.94. The van der Waals surface area contributed by atoms with Crippen molar-refractivity contribution < 1.29 is 0 Å². The van der Waals surface area contributed by atoms with E-state index in [1.54, 1.807) is 4.90 Å². The minimum atomic E-state index is 0.587. The van der Waals surface area contributed by atoms with Crippen molar-refractivity contribution in [2.75, 3.05) is 5.75 Å². The third-order valence-electron chi connectivity index (χ3n) is 3.90.